The summed E-state index contributed by atoms with van der Waals surface area (Å²) in [5, 5.41) is 18.2. The Bertz CT molecular complexity index is 664. The van der Waals surface area contributed by atoms with Crippen LogP contribution in [0.1, 0.15) is 12.0 Å². The molecule has 2 rings (SSSR count). The van der Waals surface area contributed by atoms with Crippen LogP contribution in [0.2, 0.25) is 0 Å². The predicted molar refractivity (Wildman–Crippen MR) is 84.7 cm³/mol. The molecule has 0 saturated carbocycles. The van der Waals surface area contributed by atoms with E-state index in [9.17, 15) is 18.4 Å². The Hall–Kier alpha value is -2.49. The van der Waals surface area contributed by atoms with Crippen LogP contribution in [-0.2, 0) is 9.59 Å². The molecule has 1 aliphatic heterocycles. The quantitative estimate of drug-likeness (QED) is 0.572. The summed E-state index contributed by atoms with van der Waals surface area (Å²) in [5.41, 5.74) is 0.653. The molecule has 0 aliphatic carbocycles. The van der Waals surface area contributed by atoms with Crippen molar-refractivity contribution < 1.29 is 28.2 Å². The van der Waals surface area contributed by atoms with Gasteiger partial charge in [0.25, 0.3) is 6.43 Å². The van der Waals surface area contributed by atoms with Crippen molar-refractivity contribution in [1.82, 2.24) is 5.32 Å². The van der Waals surface area contributed by atoms with Gasteiger partial charge in [0.1, 0.15) is 17.6 Å². The van der Waals surface area contributed by atoms with Crippen LogP contribution in [0.15, 0.2) is 34.5 Å². The summed E-state index contributed by atoms with van der Waals surface area (Å²) < 4.78 is 28.9. The van der Waals surface area contributed by atoms with E-state index in [1.165, 1.54) is 18.3 Å². The summed E-state index contributed by atoms with van der Waals surface area (Å²) in [6.07, 6.45) is -1.42. The summed E-state index contributed by atoms with van der Waals surface area (Å²) in [6, 6.07) is 6.26. The molecule has 0 spiro atoms. The Balaban J connectivity index is 1.89. The second kappa shape index (κ2) is 8.39. The van der Waals surface area contributed by atoms with Crippen LogP contribution in [-0.4, -0.2) is 46.6 Å². The number of aliphatic carboxylic acids is 1. The lowest BCUT2D eigenvalue weighted by Gasteiger charge is -2.04. The summed E-state index contributed by atoms with van der Waals surface area (Å²) in [5.74, 6) is -1.17. The number of benzene rings is 1. The molecule has 0 aromatic heterocycles. The van der Waals surface area contributed by atoms with Crippen LogP contribution >= 0.6 is 11.8 Å². The number of carboxylic acid groups (broad SMARTS) is 1. The highest BCUT2D eigenvalue weighted by Gasteiger charge is 2.32. The Labute approximate surface area is 139 Å². The number of nitrogens with zero attached hydrogens (tertiary/aromatic N) is 2. The minimum absolute atomic E-state index is 0.222. The molecular formula is C14H13F2N3O4S. The highest BCUT2D eigenvalue weighted by molar-refractivity contribution is 8.15. The van der Waals surface area contributed by atoms with Crippen molar-refractivity contribution in [3.63, 3.8) is 0 Å². The zero-order chi connectivity index (χ0) is 17.5. The zero-order valence-electron chi connectivity index (χ0n) is 12.2. The second-order valence-corrected chi connectivity index (χ2v) is 5.81. The minimum Gasteiger partial charge on any atom is -0.488 e. The minimum atomic E-state index is -2.54. The molecule has 128 valence electrons. The zero-order valence-corrected chi connectivity index (χ0v) is 13.0. The normalized spacial score (nSPS) is 19.2. The lowest BCUT2D eigenvalue weighted by atomic mass is 10.2. The number of amidine groups is 1. The fraction of sp³-hybridized carbons (Fsp3) is 0.286. The number of amides is 1. The number of alkyl halides is 2. The van der Waals surface area contributed by atoms with Gasteiger partial charge in [0.05, 0.1) is 12.6 Å². The Morgan fingerprint density at radius 1 is 1.42 bits per heavy atom. The maximum absolute atomic E-state index is 12.0. The maximum Gasteiger partial charge on any atom is 0.305 e. The van der Waals surface area contributed by atoms with Gasteiger partial charge < -0.3 is 15.2 Å². The van der Waals surface area contributed by atoms with Gasteiger partial charge in [0.15, 0.2) is 5.17 Å². The number of halogens is 2. The van der Waals surface area contributed by atoms with Gasteiger partial charge >= 0.3 is 5.97 Å². The van der Waals surface area contributed by atoms with Gasteiger partial charge in [-0.1, -0.05) is 11.8 Å². The van der Waals surface area contributed by atoms with Crippen LogP contribution in [0.4, 0.5) is 8.78 Å². The molecule has 1 unspecified atom stereocenters. The molecule has 0 bridgehead atoms. The number of thioether (sulfide) groups is 1. The molecule has 0 radical (unpaired) electrons. The van der Waals surface area contributed by atoms with Crippen molar-refractivity contribution in [2.75, 3.05) is 6.61 Å². The van der Waals surface area contributed by atoms with E-state index in [0.29, 0.717) is 11.3 Å². The Kier molecular flexibility index (Phi) is 6.24. The molecule has 1 heterocycles. The van der Waals surface area contributed by atoms with E-state index >= 15 is 0 Å². The van der Waals surface area contributed by atoms with E-state index in [0.717, 1.165) is 11.8 Å². The number of carbonyl (C=O) groups is 2. The molecular weight excluding hydrogens is 344 g/mol. The van der Waals surface area contributed by atoms with E-state index in [-0.39, 0.29) is 11.6 Å². The highest BCUT2D eigenvalue weighted by Crippen LogP contribution is 2.22. The molecule has 1 fully saturated rings. The van der Waals surface area contributed by atoms with Crippen molar-refractivity contribution in [1.29, 1.82) is 0 Å². The van der Waals surface area contributed by atoms with Crippen molar-refractivity contribution in [3.05, 3.63) is 29.8 Å². The highest BCUT2D eigenvalue weighted by atomic mass is 32.2. The molecule has 1 saturated heterocycles. The largest absolute Gasteiger partial charge is 0.488 e. The summed E-state index contributed by atoms with van der Waals surface area (Å²) in [7, 11) is 0. The van der Waals surface area contributed by atoms with Gasteiger partial charge in [-0.15, -0.1) is 5.10 Å². The van der Waals surface area contributed by atoms with Crippen LogP contribution in [0.3, 0.4) is 0 Å². The lowest BCUT2D eigenvalue weighted by Crippen LogP contribution is -2.26. The molecule has 1 amide bonds. The topological polar surface area (TPSA) is 100 Å². The summed E-state index contributed by atoms with van der Waals surface area (Å²) in [6.45, 7) is -0.671. The standard InChI is InChI=1S/C14H13F2N3O4S/c15-11(16)7-23-9-3-1-8(2-4-9)6-17-19-14-18-13(22)10(24-14)5-12(20)21/h1-4,6,10-11H,5,7H2,(H,20,21)(H,18,19,22). The molecule has 10 heteroatoms. The first kappa shape index (κ1) is 17.9. The van der Waals surface area contributed by atoms with Crippen molar-refractivity contribution >= 4 is 35.0 Å². The van der Waals surface area contributed by atoms with E-state index in [1.54, 1.807) is 12.1 Å². The number of hydrogen-bond donors (Lipinski definition) is 2. The fourth-order valence-electron chi connectivity index (χ4n) is 1.70. The maximum atomic E-state index is 12.0. The van der Waals surface area contributed by atoms with Gasteiger partial charge in [0, 0.05) is 0 Å². The van der Waals surface area contributed by atoms with Crippen molar-refractivity contribution in [2.45, 2.75) is 18.1 Å². The smallest absolute Gasteiger partial charge is 0.305 e. The average molecular weight is 357 g/mol. The van der Waals surface area contributed by atoms with Gasteiger partial charge in [-0.05, 0) is 29.8 Å². The van der Waals surface area contributed by atoms with E-state index < -0.39 is 30.2 Å². The number of hydrogen-bond acceptors (Lipinski definition) is 6. The number of ether oxygens (including phenoxy) is 1. The van der Waals surface area contributed by atoms with E-state index in [1.807, 2.05) is 0 Å². The predicted octanol–water partition coefficient (Wildman–Crippen LogP) is 1.73. The second-order valence-electron chi connectivity index (χ2n) is 4.61. The summed E-state index contributed by atoms with van der Waals surface area (Å²) in [4.78, 5) is 22.1. The Morgan fingerprint density at radius 2 is 2.12 bits per heavy atom. The van der Waals surface area contributed by atoms with Crippen LogP contribution in [0.5, 0.6) is 5.75 Å². The third kappa shape index (κ3) is 5.61. The van der Waals surface area contributed by atoms with Gasteiger partial charge in [-0.2, -0.15) is 5.10 Å². The number of nitrogens with one attached hydrogen (secondary N) is 1. The monoisotopic (exact) mass is 357 g/mol. The van der Waals surface area contributed by atoms with Gasteiger partial charge in [-0.25, -0.2) is 8.78 Å². The molecule has 1 aliphatic rings. The first-order chi connectivity index (χ1) is 11.4. The number of carboxylic acids is 1. The molecule has 1 aromatic carbocycles. The molecule has 1 aromatic rings. The summed E-state index contributed by atoms with van der Waals surface area (Å²) >= 11 is 0.998. The molecule has 7 nitrogen and oxygen atoms in total. The van der Waals surface area contributed by atoms with Crippen molar-refractivity contribution in [3.8, 4) is 5.75 Å². The number of carbonyl (C=O) groups excluding carboxylic acids is 1. The molecule has 24 heavy (non-hydrogen) atoms. The number of rotatable bonds is 7. The first-order valence-corrected chi connectivity index (χ1v) is 7.63. The SMILES string of the molecule is O=C(O)CC1SC(=NN=Cc2ccc(OCC(F)F)cc2)NC1=O. The molecule has 1 atom stereocenters. The fourth-order valence-corrected chi connectivity index (χ4v) is 2.62. The lowest BCUT2D eigenvalue weighted by molar-refractivity contribution is -0.138. The third-order valence-corrected chi connectivity index (χ3v) is 3.82. The van der Waals surface area contributed by atoms with Gasteiger partial charge in [0.2, 0.25) is 5.91 Å². The van der Waals surface area contributed by atoms with E-state index in [4.69, 9.17) is 9.84 Å². The van der Waals surface area contributed by atoms with Gasteiger partial charge in [-0.3, -0.25) is 9.59 Å². The van der Waals surface area contributed by atoms with E-state index in [2.05, 4.69) is 15.5 Å². The third-order valence-electron chi connectivity index (χ3n) is 2.75. The average Bonchev–Trinajstić information content (AvgIpc) is 2.85. The van der Waals surface area contributed by atoms with Crippen molar-refractivity contribution in [2.24, 2.45) is 10.2 Å². The van der Waals surface area contributed by atoms with Crippen LogP contribution in [0, 0.1) is 0 Å². The van der Waals surface area contributed by atoms with Crippen LogP contribution in [0.25, 0.3) is 0 Å². The Morgan fingerprint density at radius 3 is 2.75 bits per heavy atom. The first-order valence-electron chi connectivity index (χ1n) is 6.75. The molecule has 2 N–H and O–H groups in total. The van der Waals surface area contributed by atoms with Crippen LogP contribution < -0.4 is 10.1 Å².